The number of ether oxygens (including phenoxy) is 1. The van der Waals surface area contributed by atoms with Crippen LogP contribution in [-0.4, -0.2) is 6.04 Å². The Morgan fingerprint density at radius 1 is 0.966 bits per heavy atom. The summed E-state index contributed by atoms with van der Waals surface area (Å²) in [6.45, 7) is 3.88. The Morgan fingerprint density at radius 2 is 1.59 bits per heavy atom. The Bertz CT molecular complexity index is 811. The third-order valence-electron chi connectivity index (χ3n) is 7.89. The second-order valence-corrected chi connectivity index (χ2v) is 10.3. The van der Waals surface area contributed by atoms with Gasteiger partial charge in [0.25, 0.3) is 0 Å². The first-order chi connectivity index (χ1) is 14.1. The Morgan fingerprint density at radius 3 is 2.21 bits per heavy atom. The molecule has 1 N–H and O–H groups in total. The SMILES string of the molecule is CC(NCc1ccc(OCc2ccccc2Cl)cc1)C12CC3CC(CC(C3)C1)C2. The molecule has 0 radical (unpaired) electrons. The maximum atomic E-state index is 6.21. The Hall–Kier alpha value is -1.51. The lowest BCUT2D eigenvalue weighted by atomic mass is 9.48. The minimum Gasteiger partial charge on any atom is -0.489 e. The van der Waals surface area contributed by atoms with Crippen molar-refractivity contribution < 1.29 is 4.74 Å². The fraction of sp³-hybridized carbons (Fsp3) is 0.538. The Labute approximate surface area is 180 Å². The van der Waals surface area contributed by atoms with Crippen molar-refractivity contribution in [3.05, 3.63) is 64.7 Å². The second kappa shape index (κ2) is 7.96. The number of rotatable bonds is 7. The molecule has 0 aliphatic heterocycles. The van der Waals surface area contributed by atoms with Crippen LogP contribution in [-0.2, 0) is 13.2 Å². The van der Waals surface area contributed by atoms with E-state index in [1.165, 1.54) is 44.1 Å². The van der Waals surface area contributed by atoms with Crippen molar-refractivity contribution in [2.45, 2.75) is 64.6 Å². The minimum atomic E-state index is 0.500. The van der Waals surface area contributed by atoms with Crippen LogP contribution in [0.4, 0.5) is 0 Å². The molecule has 4 bridgehead atoms. The van der Waals surface area contributed by atoms with Gasteiger partial charge in [-0.1, -0.05) is 41.9 Å². The lowest BCUT2D eigenvalue weighted by Gasteiger charge is -2.59. The molecule has 0 aromatic heterocycles. The highest BCUT2D eigenvalue weighted by atomic mass is 35.5. The van der Waals surface area contributed by atoms with Gasteiger partial charge >= 0.3 is 0 Å². The molecule has 4 saturated carbocycles. The summed E-state index contributed by atoms with van der Waals surface area (Å²) in [6, 6.07) is 17.0. The molecule has 4 aliphatic carbocycles. The van der Waals surface area contributed by atoms with E-state index in [1.54, 1.807) is 0 Å². The fourth-order valence-electron chi connectivity index (χ4n) is 6.68. The van der Waals surface area contributed by atoms with E-state index in [4.69, 9.17) is 16.3 Å². The molecule has 3 heteroatoms. The highest BCUT2D eigenvalue weighted by molar-refractivity contribution is 6.31. The monoisotopic (exact) mass is 409 g/mol. The van der Waals surface area contributed by atoms with Gasteiger partial charge in [0.2, 0.25) is 0 Å². The van der Waals surface area contributed by atoms with Crippen LogP contribution < -0.4 is 10.1 Å². The molecular formula is C26H32ClNO. The second-order valence-electron chi connectivity index (χ2n) is 9.91. The third kappa shape index (κ3) is 4.07. The lowest BCUT2D eigenvalue weighted by molar-refractivity contribution is -0.0706. The summed E-state index contributed by atoms with van der Waals surface area (Å²) in [5.74, 6) is 3.93. The van der Waals surface area contributed by atoms with Gasteiger partial charge in [0.05, 0.1) is 0 Å². The van der Waals surface area contributed by atoms with E-state index in [1.807, 2.05) is 24.3 Å². The zero-order valence-electron chi connectivity index (χ0n) is 17.4. The highest BCUT2D eigenvalue weighted by Crippen LogP contribution is 2.61. The summed E-state index contributed by atoms with van der Waals surface area (Å²) in [4.78, 5) is 0. The molecule has 0 spiro atoms. The zero-order chi connectivity index (χ0) is 19.8. The summed E-state index contributed by atoms with van der Waals surface area (Å²) < 4.78 is 5.91. The predicted molar refractivity (Wildman–Crippen MR) is 119 cm³/mol. The van der Waals surface area contributed by atoms with E-state index in [2.05, 4.69) is 36.5 Å². The molecule has 0 amide bonds. The Kier molecular flexibility index (Phi) is 5.34. The van der Waals surface area contributed by atoms with Gasteiger partial charge in [-0.3, -0.25) is 0 Å². The summed E-state index contributed by atoms with van der Waals surface area (Å²) in [7, 11) is 0. The van der Waals surface area contributed by atoms with Crippen LogP contribution in [0.15, 0.2) is 48.5 Å². The molecule has 2 nitrogen and oxygen atoms in total. The van der Waals surface area contributed by atoms with Crippen LogP contribution in [0.1, 0.15) is 56.6 Å². The molecular weight excluding hydrogens is 378 g/mol. The highest BCUT2D eigenvalue weighted by Gasteiger charge is 2.52. The zero-order valence-corrected chi connectivity index (χ0v) is 18.1. The predicted octanol–water partition coefficient (Wildman–Crippen LogP) is 6.61. The molecule has 154 valence electrons. The molecule has 0 saturated heterocycles. The van der Waals surface area contributed by atoms with Crippen LogP contribution in [0.2, 0.25) is 5.02 Å². The van der Waals surface area contributed by atoms with E-state index in [0.717, 1.165) is 40.6 Å². The molecule has 1 unspecified atom stereocenters. The van der Waals surface area contributed by atoms with Crippen LogP contribution in [0.25, 0.3) is 0 Å². The molecule has 2 aromatic rings. The smallest absolute Gasteiger partial charge is 0.119 e. The minimum absolute atomic E-state index is 0.500. The van der Waals surface area contributed by atoms with Crippen molar-refractivity contribution >= 4 is 11.6 Å². The number of halogens is 1. The first-order valence-corrected chi connectivity index (χ1v) is 11.7. The van der Waals surface area contributed by atoms with Crippen molar-refractivity contribution in [2.75, 3.05) is 0 Å². The van der Waals surface area contributed by atoms with E-state index in [9.17, 15) is 0 Å². The first kappa shape index (κ1) is 19.5. The van der Waals surface area contributed by atoms with Crippen LogP contribution in [0.3, 0.4) is 0 Å². The quantitative estimate of drug-likeness (QED) is 0.555. The molecule has 0 heterocycles. The fourth-order valence-corrected chi connectivity index (χ4v) is 6.87. The first-order valence-electron chi connectivity index (χ1n) is 11.3. The molecule has 1 atom stereocenters. The number of benzene rings is 2. The van der Waals surface area contributed by atoms with E-state index >= 15 is 0 Å². The summed E-state index contributed by atoms with van der Waals surface area (Å²) in [6.07, 6.45) is 8.93. The van der Waals surface area contributed by atoms with Crippen molar-refractivity contribution in [1.82, 2.24) is 5.32 Å². The van der Waals surface area contributed by atoms with Crippen molar-refractivity contribution in [1.29, 1.82) is 0 Å². The van der Waals surface area contributed by atoms with Gasteiger partial charge in [0.1, 0.15) is 12.4 Å². The maximum absolute atomic E-state index is 6.21. The molecule has 2 aromatic carbocycles. The largest absolute Gasteiger partial charge is 0.489 e. The van der Waals surface area contributed by atoms with Gasteiger partial charge in [-0.25, -0.2) is 0 Å². The van der Waals surface area contributed by atoms with Gasteiger partial charge < -0.3 is 10.1 Å². The summed E-state index contributed by atoms with van der Waals surface area (Å²) >= 11 is 6.21. The lowest BCUT2D eigenvalue weighted by Crippen LogP contribution is -2.54. The van der Waals surface area contributed by atoms with Crippen molar-refractivity contribution in [3.63, 3.8) is 0 Å². The van der Waals surface area contributed by atoms with Gasteiger partial charge in [-0.15, -0.1) is 0 Å². The Balaban J connectivity index is 1.15. The molecule has 4 fully saturated rings. The van der Waals surface area contributed by atoms with Gasteiger partial charge in [0.15, 0.2) is 0 Å². The van der Waals surface area contributed by atoms with E-state index in [0.29, 0.717) is 18.1 Å². The van der Waals surface area contributed by atoms with E-state index < -0.39 is 0 Å². The number of hydrogen-bond donors (Lipinski definition) is 1. The maximum Gasteiger partial charge on any atom is 0.119 e. The van der Waals surface area contributed by atoms with E-state index in [-0.39, 0.29) is 0 Å². The number of hydrogen-bond acceptors (Lipinski definition) is 2. The third-order valence-corrected chi connectivity index (χ3v) is 8.26. The van der Waals surface area contributed by atoms with Crippen molar-refractivity contribution in [3.8, 4) is 5.75 Å². The van der Waals surface area contributed by atoms with Gasteiger partial charge in [0, 0.05) is 23.2 Å². The van der Waals surface area contributed by atoms with Crippen LogP contribution in [0, 0.1) is 23.2 Å². The van der Waals surface area contributed by atoms with Crippen molar-refractivity contribution in [2.24, 2.45) is 23.2 Å². The summed E-state index contributed by atoms with van der Waals surface area (Å²) in [5.41, 5.74) is 2.91. The van der Waals surface area contributed by atoms with Crippen LogP contribution >= 0.6 is 11.6 Å². The topological polar surface area (TPSA) is 21.3 Å². The average molecular weight is 410 g/mol. The molecule has 29 heavy (non-hydrogen) atoms. The molecule has 4 aliphatic rings. The summed E-state index contributed by atoms with van der Waals surface area (Å²) in [5, 5.41) is 4.64. The standard InChI is InChI=1S/C26H32ClNO/c1-18(26-13-20-10-21(14-26)12-22(11-20)15-26)28-16-19-6-8-24(9-7-19)29-17-23-4-2-3-5-25(23)27/h2-9,18,20-22,28H,10-17H2,1H3. The van der Waals surface area contributed by atoms with Gasteiger partial charge in [-0.2, -0.15) is 0 Å². The number of nitrogens with one attached hydrogen (secondary N) is 1. The normalized spacial score (nSPS) is 31.0. The van der Waals surface area contributed by atoms with Crippen LogP contribution in [0.5, 0.6) is 5.75 Å². The molecule has 6 rings (SSSR count). The van der Waals surface area contributed by atoms with Gasteiger partial charge in [-0.05, 0) is 92.4 Å². The average Bonchev–Trinajstić information content (AvgIpc) is 2.71.